The van der Waals surface area contributed by atoms with E-state index in [9.17, 15) is 9.59 Å². The molecule has 0 bridgehead atoms. The van der Waals surface area contributed by atoms with E-state index in [4.69, 9.17) is 10.2 Å². The Bertz CT molecular complexity index is 627. The van der Waals surface area contributed by atoms with E-state index in [1.54, 1.807) is 19.1 Å². The van der Waals surface area contributed by atoms with Crippen molar-refractivity contribution in [3.63, 3.8) is 0 Å². The maximum Gasteiger partial charge on any atom is 0.287 e. The molecule has 1 aromatic heterocycles. The van der Waals surface area contributed by atoms with Crippen LogP contribution in [0.2, 0.25) is 0 Å². The summed E-state index contributed by atoms with van der Waals surface area (Å²) < 4.78 is 4.97. The summed E-state index contributed by atoms with van der Waals surface area (Å²) in [5, 5.41) is 5.36. The highest BCUT2D eigenvalue weighted by Crippen LogP contribution is 2.05. The molecule has 124 valence electrons. The normalized spacial score (nSPS) is 11.2. The monoisotopic (exact) mass is 337 g/mol. The Morgan fingerprint density at radius 3 is 2.52 bits per heavy atom. The minimum Gasteiger partial charge on any atom is -0.459 e. The molecule has 23 heavy (non-hydrogen) atoms. The highest BCUT2D eigenvalue weighted by atomic mass is 35.5. The molecule has 2 aromatic rings. The summed E-state index contributed by atoms with van der Waals surface area (Å²) >= 11 is 0. The fourth-order valence-electron chi connectivity index (χ4n) is 1.91. The Morgan fingerprint density at radius 2 is 1.91 bits per heavy atom. The van der Waals surface area contributed by atoms with Crippen molar-refractivity contribution in [3.8, 4) is 0 Å². The smallest absolute Gasteiger partial charge is 0.287 e. The largest absolute Gasteiger partial charge is 0.459 e. The van der Waals surface area contributed by atoms with E-state index in [0.29, 0.717) is 18.7 Å². The van der Waals surface area contributed by atoms with E-state index in [1.165, 1.54) is 6.26 Å². The topological polar surface area (TPSA) is 97.4 Å². The van der Waals surface area contributed by atoms with Crippen molar-refractivity contribution in [2.75, 3.05) is 12.3 Å². The Hall–Kier alpha value is -2.47. The lowest BCUT2D eigenvalue weighted by Gasteiger charge is -2.13. The van der Waals surface area contributed by atoms with Gasteiger partial charge in [0.1, 0.15) is 6.04 Å². The maximum atomic E-state index is 11.9. The van der Waals surface area contributed by atoms with Crippen LogP contribution in [0.1, 0.15) is 23.0 Å². The van der Waals surface area contributed by atoms with Gasteiger partial charge in [-0.15, -0.1) is 12.4 Å². The molecular formula is C16H20ClN3O3. The van der Waals surface area contributed by atoms with Gasteiger partial charge in [0.25, 0.3) is 5.91 Å². The number of halogens is 1. The van der Waals surface area contributed by atoms with Gasteiger partial charge in [-0.2, -0.15) is 0 Å². The number of benzene rings is 1. The minimum atomic E-state index is -0.635. The molecule has 0 spiro atoms. The van der Waals surface area contributed by atoms with Crippen LogP contribution in [0.4, 0.5) is 5.69 Å². The van der Waals surface area contributed by atoms with Crippen LogP contribution in [0.3, 0.4) is 0 Å². The quantitative estimate of drug-likeness (QED) is 0.700. The summed E-state index contributed by atoms with van der Waals surface area (Å²) in [6.07, 6.45) is 2.11. The van der Waals surface area contributed by atoms with Crippen molar-refractivity contribution in [2.24, 2.45) is 0 Å². The van der Waals surface area contributed by atoms with Crippen molar-refractivity contribution in [1.82, 2.24) is 10.6 Å². The van der Waals surface area contributed by atoms with Crippen molar-refractivity contribution in [1.29, 1.82) is 0 Å². The van der Waals surface area contributed by atoms with Crippen LogP contribution in [-0.2, 0) is 11.2 Å². The predicted octanol–water partition coefficient (Wildman–Crippen LogP) is 1.76. The van der Waals surface area contributed by atoms with Crippen LogP contribution >= 0.6 is 12.4 Å². The molecule has 0 fully saturated rings. The van der Waals surface area contributed by atoms with Gasteiger partial charge in [-0.1, -0.05) is 12.1 Å². The van der Waals surface area contributed by atoms with Crippen molar-refractivity contribution in [2.45, 2.75) is 19.4 Å². The summed E-state index contributed by atoms with van der Waals surface area (Å²) in [6, 6.07) is 10.0. The van der Waals surface area contributed by atoms with E-state index in [1.807, 2.05) is 24.3 Å². The first-order valence-corrected chi connectivity index (χ1v) is 7.03. The fraction of sp³-hybridized carbons (Fsp3) is 0.250. The summed E-state index contributed by atoms with van der Waals surface area (Å²) in [7, 11) is 0. The molecule has 6 nitrogen and oxygen atoms in total. The number of carbonyl (C=O) groups is 2. The molecule has 1 heterocycles. The Kier molecular flexibility index (Phi) is 7.15. The van der Waals surface area contributed by atoms with Gasteiger partial charge in [0.2, 0.25) is 5.91 Å². The van der Waals surface area contributed by atoms with Gasteiger partial charge in [0.05, 0.1) is 6.26 Å². The Labute approximate surface area is 140 Å². The number of hydrogen-bond acceptors (Lipinski definition) is 4. The number of nitrogens with two attached hydrogens (primary N) is 1. The average Bonchev–Trinajstić information content (AvgIpc) is 3.03. The fourth-order valence-corrected chi connectivity index (χ4v) is 1.91. The third kappa shape index (κ3) is 5.67. The molecule has 4 N–H and O–H groups in total. The standard InChI is InChI=1S/C16H19N3O3.ClH/c1-11(19-16(21)14-3-2-10-22-14)15(20)18-9-8-12-4-6-13(17)7-5-12;/h2-7,10-11H,8-9,17H2,1H3,(H,18,20)(H,19,21);1H. The SMILES string of the molecule is CC(NC(=O)c1ccco1)C(=O)NCCc1ccc(N)cc1.Cl. The van der Waals surface area contributed by atoms with E-state index in [2.05, 4.69) is 10.6 Å². The third-order valence-electron chi connectivity index (χ3n) is 3.18. The number of anilines is 1. The van der Waals surface area contributed by atoms with Crippen LogP contribution in [0, 0.1) is 0 Å². The molecule has 0 aliphatic rings. The molecule has 0 aliphatic carbocycles. The maximum absolute atomic E-state index is 11.9. The molecule has 1 aromatic carbocycles. The summed E-state index contributed by atoms with van der Waals surface area (Å²) in [6.45, 7) is 2.11. The molecule has 7 heteroatoms. The number of carbonyl (C=O) groups excluding carboxylic acids is 2. The number of rotatable bonds is 6. The second kappa shape index (κ2) is 8.85. The van der Waals surface area contributed by atoms with E-state index >= 15 is 0 Å². The third-order valence-corrected chi connectivity index (χ3v) is 3.18. The first-order valence-electron chi connectivity index (χ1n) is 7.03. The second-order valence-electron chi connectivity index (χ2n) is 4.96. The number of amides is 2. The van der Waals surface area contributed by atoms with E-state index in [-0.39, 0.29) is 24.1 Å². The van der Waals surface area contributed by atoms with Crippen LogP contribution in [0.5, 0.6) is 0 Å². The molecule has 0 aliphatic heterocycles. The summed E-state index contributed by atoms with van der Waals surface area (Å²) in [4.78, 5) is 23.7. The molecule has 2 amide bonds. The second-order valence-corrected chi connectivity index (χ2v) is 4.96. The molecule has 0 radical (unpaired) electrons. The Balaban J connectivity index is 0.00000264. The zero-order valence-corrected chi connectivity index (χ0v) is 13.6. The number of nitrogen functional groups attached to an aromatic ring is 1. The van der Waals surface area contributed by atoms with Crippen molar-refractivity contribution < 1.29 is 14.0 Å². The summed E-state index contributed by atoms with van der Waals surface area (Å²) in [5.41, 5.74) is 7.41. The Morgan fingerprint density at radius 1 is 1.22 bits per heavy atom. The van der Waals surface area contributed by atoms with Gasteiger partial charge in [0.15, 0.2) is 5.76 Å². The average molecular weight is 338 g/mol. The van der Waals surface area contributed by atoms with E-state index < -0.39 is 11.9 Å². The lowest BCUT2D eigenvalue weighted by atomic mass is 10.1. The van der Waals surface area contributed by atoms with Gasteiger partial charge in [0, 0.05) is 12.2 Å². The first-order chi connectivity index (χ1) is 10.6. The van der Waals surface area contributed by atoms with Crippen molar-refractivity contribution >= 4 is 29.9 Å². The van der Waals surface area contributed by atoms with Crippen LogP contribution in [-0.4, -0.2) is 24.4 Å². The first kappa shape index (κ1) is 18.6. The van der Waals surface area contributed by atoms with Gasteiger partial charge in [-0.3, -0.25) is 9.59 Å². The highest BCUT2D eigenvalue weighted by molar-refractivity contribution is 5.95. The van der Waals surface area contributed by atoms with Crippen LogP contribution in [0.15, 0.2) is 47.1 Å². The zero-order valence-electron chi connectivity index (χ0n) is 12.7. The molecule has 0 saturated carbocycles. The molecule has 2 rings (SSSR count). The lowest BCUT2D eigenvalue weighted by Crippen LogP contribution is -2.45. The number of furan rings is 1. The van der Waals surface area contributed by atoms with Gasteiger partial charge >= 0.3 is 0 Å². The van der Waals surface area contributed by atoms with Crippen LogP contribution < -0.4 is 16.4 Å². The summed E-state index contributed by atoms with van der Waals surface area (Å²) in [5.74, 6) is -0.469. The lowest BCUT2D eigenvalue weighted by molar-refractivity contribution is -0.122. The predicted molar refractivity (Wildman–Crippen MR) is 90.5 cm³/mol. The van der Waals surface area contributed by atoms with Gasteiger partial charge in [-0.25, -0.2) is 0 Å². The number of hydrogen-bond donors (Lipinski definition) is 3. The molecule has 1 unspecified atom stereocenters. The molecule has 0 saturated heterocycles. The van der Waals surface area contributed by atoms with Crippen molar-refractivity contribution in [3.05, 3.63) is 54.0 Å². The number of nitrogens with one attached hydrogen (secondary N) is 2. The van der Waals surface area contributed by atoms with Crippen LogP contribution in [0.25, 0.3) is 0 Å². The van der Waals surface area contributed by atoms with Gasteiger partial charge in [-0.05, 0) is 43.2 Å². The van der Waals surface area contributed by atoms with Gasteiger partial charge < -0.3 is 20.8 Å². The molecular weight excluding hydrogens is 318 g/mol. The molecule has 1 atom stereocenters. The van der Waals surface area contributed by atoms with E-state index in [0.717, 1.165) is 5.56 Å². The highest BCUT2D eigenvalue weighted by Gasteiger charge is 2.17. The minimum absolute atomic E-state index is 0. The zero-order chi connectivity index (χ0) is 15.9.